The topological polar surface area (TPSA) is 44.5 Å². The van der Waals surface area contributed by atoms with Crippen LogP contribution in [0.4, 0.5) is 0 Å². The third-order valence-corrected chi connectivity index (χ3v) is 2.95. The fourth-order valence-electron chi connectivity index (χ4n) is 1.41. The molecule has 0 bridgehead atoms. The van der Waals surface area contributed by atoms with Gasteiger partial charge in [0.15, 0.2) is 0 Å². The highest BCUT2D eigenvalue weighted by Gasteiger charge is 2.14. The van der Waals surface area contributed by atoms with Gasteiger partial charge < -0.3 is 15.2 Å². The Hall–Kier alpha value is -0.190. The number of ether oxygens (including phenoxy) is 2. The summed E-state index contributed by atoms with van der Waals surface area (Å²) in [4.78, 5) is 0.539. The standard InChI is InChI=1S/C10H19NO2S/c1-8(10(11)14)6-13-7-9-2-4-12-5-3-9/h8-9H,2-7H2,1H3,(H2,11,14). The van der Waals surface area contributed by atoms with E-state index in [1.165, 1.54) is 0 Å². The first kappa shape index (κ1) is 11.9. The summed E-state index contributed by atoms with van der Waals surface area (Å²) >= 11 is 4.87. The van der Waals surface area contributed by atoms with Crippen LogP contribution in [0.25, 0.3) is 0 Å². The molecule has 0 aliphatic carbocycles. The normalized spacial score (nSPS) is 20.6. The second kappa shape index (κ2) is 6.32. The molecule has 0 saturated carbocycles. The third-order valence-electron chi connectivity index (χ3n) is 2.55. The minimum absolute atomic E-state index is 0.185. The third kappa shape index (κ3) is 4.35. The van der Waals surface area contributed by atoms with E-state index in [1.807, 2.05) is 6.92 Å². The largest absolute Gasteiger partial charge is 0.393 e. The van der Waals surface area contributed by atoms with Gasteiger partial charge in [-0.25, -0.2) is 0 Å². The predicted octanol–water partition coefficient (Wildman–Crippen LogP) is 1.35. The average Bonchev–Trinajstić information content (AvgIpc) is 2.19. The summed E-state index contributed by atoms with van der Waals surface area (Å²) in [5.74, 6) is 0.840. The highest BCUT2D eigenvalue weighted by atomic mass is 32.1. The summed E-state index contributed by atoms with van der Waals surface area (Å²) in [7, 11) is 0. The van der Waals surface area contributed by atoms with Crippen molar-refractivity contribution in [3.8, 4) is 0 Å². The summed E-state index contributed by atoms with van der Waals surface area (Å²) in [6, 6.07) is 0. The second-order valence-corrected chi connectivity index (χ2v) is 4.37. The first-order valence-electron chi connectivity index (χ1n) is 5.15. The maximum absolute atomic E-state index is 5.57. The minimum Gasteiger partial charge on any atom is -0.393 e. The maximum Gasteiger partial charge on any atom is 0.0779 e. The molecule has 3 nitrogen and oxygen atoms in total. The van der Waals surface area contributed by atoms with Crippen LogP contribution in [-0.2, 0) is 9.47 Å². The van der Waals surface area contributed by atoms with Crippen molar-refractivity contribution in [3.63, 3.8) is 0 Å². The van der Waals surface area contributed by atoms with Gasteiger partial charge in [-0.15, -0.1) is 0 Å². The molecule has 0 aromatic heterocycles. The van der Waals surface area contributed by atoms with Gasteiger partial charge >= 0.3 is 0 Å². The summed E-state index contributed by atoms with van der Waals surface area (Å²) in [6.07, 6.45) is 2.23. The lowest BCUT2D eigenvalue weighted by molar-refractivity contribution is 0.0174. The van der Waals surface area contributed by atoms with Crippen LogP contribution < -0.4 is 5.73 Å². The smallest absolute Gasteiger partial charge is 0.0779 e. The van der Waals surface area contributed by atoms with Crippen LogP contribution in [0.3, 0.4) is 0 Å². The van der Waals surface area contributed by atoms with Crippen LogP contribution in [-0.4, -0.2) is 31.4 Å². The summed E-state index contributed by atoms with van der Waals surface area (Å²) < 4.78 is 10.8. The molecule has 1 aliphatic heterocycles. The fourth-order valence-corrected chi connectivity index (χ4v) is 1.47. The van der Waals surface area contributed by atoms with E-state index in [-0.39, 0.29) is 5.92 Å². The number of hydrogen-bond acceptors (Lipinski definition) is 3. The summed E-state index contributed by atoms with van der Waals surface area (Å²) in [6.45, 7) is 5.20. The molecule has 1 unspecified atom stereocenters. The van der Waals surface area contributed by atoms with Gasteiger partial charge in [-0.2, -0.15) is 0 Å². The van der Waals surface area contributed by atoms with Gasteiger partial charge in [-0.05, 0) is 18.8 Å². The van der Waals surface area contributed by atoms with Gasteiger partial charge in [0.05, 0.1) is 11.6 Å². The Morgan fingerprint density at radius 3 is 2.79 bits per heavy atom. The molecule has 0 spiro atoms. The Balaban J connectivity index is 2.05. The van der Waals surface area contributed by atoms with E-state index in [4.69, 9.17) is 27.4 Å². The van der Waals surface area contributed by atoms with Crippen molar-refractivity contribution >= 4 is 17.2 Å². The van der Waals surface area contributed by atoms with Gasteiger partial charge in [-0.1, -0.05) is 19.1 Å². The van der Waals surface area contributed by atoms with Crippen molar-refractivity contribution in [2.45, 2.75) is 19.8 Å². The number of rotatable bonds is 5. The van der Waals surface area contributed by atoms with Crippen molar-refractivity contribution in [3.05, 3.63) is 0 Å². The van der Waals surface area contributed by atoms with Crippen molar-refractivity contribution < 1.29 is 9.47 Å². The maximum atomic E-state index is 5.57. The minimum atomic E-state index is 0.185. The van der Waals surface area contributed by atoms with Gasteiger partial charge in [0, 0.05) is 25.7 Å². The van der Waals surface area contributed by atoms with Crippen LogP contribution in [0.15, 0.2) is 0 Å². The zero-order chi connectivity index (χ0) is 10.4. The predicted molar refractivity (Wildman–Crippen MR) is 60.3 cm³/mol. The molecule has 1 fully saturated rings. The molecule has 0 aromatic carbocycles. The Bertz CT molecular complexity index is 181. The van der Waals surface area contributed by atoms with Crippen LogP contribution in [0, 0.1) is 11.8 Å². The molecule has 1 saturated heterocycles. The van der Waals surface area contributed by atoms with Gasteiger partial charge in [0.2, 0.25) is 0 Å². The molecule has 0 aromatic rings. The first-order chi connectivity index (χ1) is 6.70. The molecule has 2 N–H and O–H groups in total. The van der Waals surface area contributed by atoms with E-state index in [0.29, 0.717) is 17.5 Å². The monoisotopic (exact) mass is 217 g/mol. The fraction of sp³-hybridized carbons (Fsp3) is 0.900. The van der Waals surface area contributed by atoms with Crippen molar-refractivity contribution in [1.29, 1.82) is 0 Å². The Kier molecular flexibility index (Phi) is 5.37. The van der Waals surface area contributed by atoms with Gasteiger partial charge in [0.25, 0.3) is 0 Å². The van der Waals surface area contributed by atoms with E-state index < -0.39 is 0 Å². The van der Waals surface area contributed by atoms with Crippen LogP contribution in [0.5, 0.6) is 0 Å². The lowest BCUT2D eigenvalue weighted by Crippen LogP contribution is -2.25. The highest BCUT2D eigenvalue weighted by molar-refractivity contribution is 7.80. The second-order valence-electron chi connectivity index (χ2n) is 3.90. The molecule has 82 valence electrons. The zero-order valence-electron chi connectivity index (χ0n) is 8.70. The van der Waals surface area contributed by atoms with E-state index in [0.717, 1.165) is 32.7 Å². The van der Waals surface area contributed by atoms with Gasteiger partial charge in [-0.3, -0.25) is 0 Å². The number of nitrogens with two attached hydrogens (primary N) is 1. The Morgan fingerprint density at radius 1 is 1.57 bits per heavy atom. The first-order valence-corrected chi connectivity index (χ1v) is 5.55. The molecule has 4 heteroatoms. The highest BCUT2D eigenvalue weighted by Crippen LogP contribution is 2.15. The van der Waals surface area contributed by atoms with Crippen molar-refractivity contribution in [2.75, 3.05) is 26.4 Å². The molecule has 1 atom stereocenters. The number of hydrogen-bond donors (Lipinski definition) is 1. The molecule has 0 radical (unpaired) electrons. The lowest BCUT2D eigenvalue weighted by Gasteiger charge is -2.22. The molecular weight excluding hydrogens is 198 g/mol. The van der Waals surface area contributed by atoms with Crippen molar-refractivity contribution in [2.24, 2.45) is 17.6 Å². The molecule has 14 heavy (non-hydrogen) atoms. The van der Waals surface area contributed by atoms with E-state index in [2.05, 4.69) is 0 Å². The molecule has 1 rings (SSSR count). The molecule has 1 aliphatic rings. The van der Waals surface area contributed by atoms with Crippen molar-refractivity contribution in [1.82, 2.24) is 0 Å². The average molecular weight is 217 g/mol. The SMILES string of the molecule is CC(COCC1CCOCC1)C(N)=S. The quantitative estimate of drug-likeness (QED) is 0.706. The molecule has 1 heterocycles. The zero-order valence-corrected chi connectivity index (χ0v) is 9.52. The Labute approximate surface area is 90.9 Å². The number of thiocarbonyl (C=S) groups is 1. The Morgan fingerprint density at radius 2 is 2.21 bits per heavy atom. The summed E-state index contributed by atoms with van der Waals surface area (Å²) in [5, 5.41) is 0. The van der Waals surface area contributed by atoms with E-state index >= 15 is 0 Å². The van der Waals surface area contributed by atoms with E-state index in [9.17, 15) is 0 Å². The van der Waals surface area contributed by atoms with Crippen LogP contribution >= 0.6 is 12.2 Å². The lowest BCUT2D eigenvalue weighted by atomic mass is 10.0. The van der Waals surface area contributed by atoms with Crippen LogP contribution in [0.2, 0.25) is 0 Å². The van der Waals surface area contributed by atoms with Crippen LogP contribution in [0.1, 0.15) is 19.8 Å². The molecular formula is C10H19NO2S. The molecule has 0 amide bonds. The van der Waals surface area contributed by atoms with Gasteiger partial charge in [0.1, 0.15) is 0 Å². The van der Waals surface area contributed by atoms with E-state index in [1.54, 1.807) is 0 Å². The summed E-state index contributed by atoms with van der Waals surface area (Å²) in [5.41, 5.74) is 5.49.